The van der Waals surface area contributed by atoms with Gasteiger partial charge in [0, 0.05) is 16.8 Å². The third kappa shape index (κ3) is 2.78. The number of benzene rings is 3. The number of hydrogen-bond acceptors (Lipinski definition) is 2. The van der Waals surface area contributed by atoms with Crippen LogP contribution in [0.1, 0.15) is 27.0 Å². The molecular formula is C23H19NO2. The Balaban J connectivity index is 1.85. The Morgan fingerprint density at radius 2 is 1.50 bits per heavy atom. The minimum Gasteiger partial charge on any atom is -0.497 e. The first kappa shape index (κ1) is 16.2. The van der Waals surface area contributed by atoms with E-state index in [1.54, 1.807) is 12.0 Å². The third-order valence-corrected chi connectivity index (χ3v) is 4.59. The number of carbonyl (C=O) groups is 1. The van der Waals surface area contributed by atoms with Crippen molar-refractivity contribution in [3.63, 3.8) is 0 Å². The van der Waals surface area contributed by atoms with Gasteiger partial charge in [0.05, 0.1) is 12.8 Å². The number of ether oxygens (including phenoxy) is 1. The van der Waals surface area contributed by atoms with Gasteiger partial charge in [-0.25, -0.2) is 0 Å². The van der Waals surface area contributed by atoms with E-state index >= 15 is 0 Å². The van der Waals surface area contributed by atoms with Crippen molar-refractivity contribution in [2.75, 3.05) is 12.0 Å². The first-order chi connectivity index (χ1) is 12.7. The highest BCUT2D eigenvalue weighted by atomic mass is 16.5. The summed E-state index contributed by atoms with van der Waals surface area (Å²) in [6.07, 6.45) is 2.04. The maximum Gasteiger partial charge on any atom is 0.263 e. The van der Waals surface area contributed by atoms with Gasteiger partial charge < -0.3 is 4.74 Å². The van der Waals surface area contributed by atoms with Crippen LogP contribution < -0.4 is 9.64 Å². The average Bonchev–Trinajstić information content (AvgIpc) is 2.95. The smallest absolute Gasteiger partial charge is 0.263 e. The van der Waals surface area contributed by atoms with Crippen LogP contribution in [0.2, 0.25) is 0 Å². The minimum absolute atomic E-state index is 0.00390. The highest BCUT2D eigenvalue weighted by Crippen LogP contribution is 2.38. The molecule has 1 amide bonds. The third-order valence-electron chi connectivity index (χ3n) is 4.59. The zero-order valence-electron chi connectivity index (χ0n) is 14.8. The van der Waals surface area contributed by atoms with Crippen molar-refractivity contribution < 1.29 is 9.53 Å². The molecule has 0 fully saturated rings. The summed E-state index contributed by atoms with van der Waals surface area (Å²) in [5, 5.41) is 0. The lowest BCUT2D eigenvalue weighted by Gasteiger charge is -2.19. The molecule has 0 saturated heterocycles. The normalized spacial score (nSPS) is 14.6. The van der Waals surface area contributed by atoms with Gasteiger partial charge in [-0.05, 0) is 48.9 Å². The molecule has 1 aliphatic heterocycles. The summed E-state index contributed by atoms with van der Waals surface area (Å²) >= 11 is 0. The molecule has 1 aliphatic rings. The van der Waals surface area contributed by atoms with Crippen LogP contribution in [0.3, 0.4) is 0 Å². The van der Waals surface area contributed by atoms with Crippen molar-refractivity contribution >= 4 is 23.4 Å². The van der Waals surface area contributed by atoms with E-state index in [1.807, 2.05) is 85.8 Å². The topological polar surface area (TPSA) is 29.5 Å². The molecule has 128 valence electrons. The summed E-state index contributed by atoms with van der Waals surface area (Å²) in [4.78, 5) is 14.8. The van der Waals surface area contributed by atoms with Crippen LogP contribution in [-0.4, -0.2) is 13.0 Å². The Hall–Kier alpha value is -3.33. The molecule has 1 heterocycles. The van der Waals surface area contributed by atoms with Crippen LogP contribution in [0.25, 0.3) is 11.8 Å². The molecule has 0 N–H and O–H groups in total. The first-order valence-corrected chi connectivity index (χ1v) is 8.53. The molecule has 3 heteroatoms. The summed E-state index contributed by atoms with van der Waals surface area (Å²) in [6, 6.07) is 23.6. The minimum atomic E-state index is 0.00390. The van der Waals surface area contributed by atoms with Gasteiger partial charge in [-0.3, -0.25) is 9.69 Å². The van der Waals surface area contributed by atoms with Crippen molar-refractivity contribution in [2.45, 2.75) is 6.92 Å². The van der Waals surface area contributed by atoms with Crippen LogP contribution in [0.5, 0.6) is 5.75 Å². The Labute approximate surface area is 153 Å². The van der Waals surface area contributed by atoms with Crippen molar-refractivity contribution in [3.8, 4) is 5.75 Å². The van der Waals surface area contributed by atoms with Crippen LogP contribution in [0.15, 0.2) is 72.8 Å². The van der Waals surface area contributed by atoms with E-state index in [1.165, 1.54) is 5.56 Å². The molecule has 3 aromatic carbocycles. The van der Waals surface area contributed by atoms with Gasteiger partial charge in [-0.1, -0.05) is 48.0 Å². The number of fused-ring (bicyclic) bond motifs is 1. The maximum absolute atomic E-state index is 13.0. The fraction of sp³-hybridized carbons (Fsp3) is 0.0870. The summed E-state index contributed by atoms with van der Waals surface area (Å²) in [6.45, 7) is 2.04. The molecule has 0 bridgehead atoms. The molecule has 3 aromatic rings. The summed E-state index contributed by atoms with van der Waals surface area (Å²) in [5.41, 5.74) is 5.62. The number of amides is 1. The second-order valence-corrected chi connectivity index (χ2v) is 6.32. The van der Waals surface area contributed by atoms with Crippen LogP contribution in [0.4, 0.5) is 5.69 Å². The fourth-order valence-corrected chi connectivity index (χ4v) is 3.19. The lowest BCUT2D eigenvalue weighted by Crippen LogP contribution is -2.22. The van der Waals surface area contributed by atoms with E-state index < -0.39 is 0 Å². The molecule has 3 nitrogen and oxygen atoms in total. The predicted molar refractivity (Wildman–Crippen MR) is 105 cm³/mol. The second kappa shape index (κ2) is 6.52. The molecular weight excluding hydrogens is 322 g/mol. The fourth-order valence-electron chi connectivity index (χ4n) is 3.19. The monoisotopic (exact) mass is 341 g/mol. The molecule has 0 spiro atoms. The number of nitrogens with zero attached hydrogens (tertiary/aromatic N) is 1. The standard InChI is InChI=1S/C23H19NO2/c1-16-7-11-18(12-8-16)24-22(15-17-9-13-19(26-2)14-10-17)20-5-3-4-6-21(20)23(24)25/h3-15H,1-2H3/b22-15-. The van der Waals surface area contributed by atoms with E-state index in [4.69, 9.17) is 4.74 Å². The summed E-state index contributed by atoms with van der Waals surface area (Å²) in [7, 11) is 1.65. The number of anilines is 1. The highest BCUT2D eigenvalue weighted by Gasteiger charge is 2.32. The van der Waals surface area contributed by atoms with Crippen LogP contribution in [0, 0.1) is 6.92 Å². The SMILES string of the molecule is COc1ccc(/C=C2/c3ccccc3C(=O)N2c2ccc(C)cc2)cc1. The van der Waals surface area contributed by atoms with Crippen molar-refractivity contribution in [1.29, 1.82) is 0 Å². The van der Waals surface area contributed by atoms with Gasteiger partial charge in [0.25, 0.3) is 5.91 Å². The molecule has 0 saturated carbocycles. The maximum atomic E-state index is 13.0. The first-order valence-electron chi connectivity index (χ1n) is 8.53. The Morgan fingerprint density at radius 1 is 0.846 bits per heavy atom. The van der Waals surface area contributed by atoms with E-state index in [9.17, 15) is 4.79 Å². The van der Waals surface area contributed by atoms with Gasteiger partial charge >= 0.3 is 0 Å². The Bertz CT molecular complexity index is 985. The zero-order chi connectivity index (χ0) is 18.1. The molecule has 0 radical (unpaired) electrons. The molecule has 0 aromatic heterocycles. The summed E-state index contributed by atoms with van der Waals surface area (Å²) in [5.74, 6) is 0.814. The Kier molecular flexibility index (Phi) is 4.05. The van der Waals surface area contributed by atoms with Gasteiger partial charge in [0.2, 0.25) is 0 Å². The average molecular weight is 341 g/mol. The summed E-state index contributed by atoms with van der Waals surface area (Å²) < 4.78 is 5.23. The molecule has 0 unspecified atom stereocenters. The number of carbonyl (C=O) groups excluding carboxylic acids is 1. The van der Waals surface area contributed by atoms with Gasteiger partial charge in [-0.15, -0.1) is 0 Å². The largest absolute Gasteiger partial charge is 0.497 e. The molecule has 0 aliphatic carbocycles. The zero-order valence-corrected chi connectivity index (χ0v) is 14.8. The van der Waals surface area contributed by atoms with E-state index in [2.05, 4.69) is 0 Å². The number of rotatable bonds is 3. The quantitative estimate of drug-likeness (QED) is 0.658. The van der Waals surface area contributed by atoms with E-state index in [0.29, 0.717) is 0 Å². The molecule has 26 heavy (non-hydrogen) atoms. The lowest BCUT2D eigenvalue weighted by atomic mass is 10.1. The van der Waals surface area contributed by atoms with Crippen LogP contribution in [-0.2, 0) is 0 Å². The van der Waals surface area contributed by atoms with Gasteiger partial charge in [-0.2, -0.15) is 0 Å². The van der Waals surface area contributed by atoms with Crippen molar-refractivity contribution in [1.82, 2.24) is 0 Å². The number of methoxy groups -OCH3 is 1. The predicted octanol–water partition coefficient (Wildman–Crippen LogP) is 5.16. The van der Waals surface area contributed by atoms with Gasteiger partial charge in [0.1, 0.15) is 5.75 Å². The molecule has 4 rings (SSSR count). The van der Waals surface area contributed by atoms with E-state index in [-0.39, 0.29) is 5.91 Å². The van der Waals surface area contributed by atoms with Crippen LogP contribution >= 0.6 is 0 Å². The highest BCUT2D eigenvalue weighted by molar-refractivity contribution is 6.24. The van der Waals surface area contributed by atoms with Crippen molar-refractivity contribution in [2.24, 2.45) is 0 Å². The van der Waals surface area contributed by atoms with E-state index in [0.717, 1.165) is 33.8 Å². The number of aryl methyl sites for hydroxylation is 1. The number of hydrogen-bond donors (Lipinski definition) is 0. The lowest BCUT2D eigenvalue weighted by molar-refractivity contribution is 0.101. The van der Waals surface area contributed by atoms with Gasteiger partial charge in [0.15, 0.2) is 0 Å². The second-order valence-electron chi connectivity index (χ2n) is 6.32. The Morgan fingerprint density at radius 3 is 2.15 bits per heavy atom. The molecule has 0 atom stereocenters. The van der Waals surface area contributed by atoms with Crippen molar-refractivity contribution in [3.05, 3.63) is 95.1 Å².